The number of aryl methyl sites for hydroxylation is 1. The number of benzene rings is 1. The number of ether oxygens (including phenoxy) is 1. The third-order valence-electron chi connectivity index (χ3n) is 4.83. The zero-order chi connectivity index (χ0) is 18.0. The minimum absolute atomic E-state index is 0.0488. The lowest BCUT2D eigenvalue weighted by atomic mass is 10.0. The molecule has 2 saturated heterocycles. The summed E-state index contributed by atoms with van der Waals surface area (Å²) < 4.78 is 5.90. The Morgan fingerprint density at radius 2 is 2.04 bits per heavy atom. The van der Waals surface area contributed by atoms with Crippen LogP contribution in [-0.4, -0.2) is 79.4 Å². The first-order valence-electron chi connectivity index (χ1n) is 8.87. The van der Waals surface area contributed by atoms with Crippen LogP contribution in [-0.2, 0) is 9.59 Å². The molecule has 1 unspecified atom stereocenters. The molecule has 0 N–H and O–H groups in total. The van der Waals surface area contributed by atoms with Gasteiger partial charge >= 0.3 is 0 Å². The average molecular weight is 345 g/mol. The fourth-order valence-corrected chi connectivity index (χ4v) is 3.31. The summed E-state index contributed by atoms with van der Waals surface area (Å²) in [7, 11) is 3.97. The van der Waals surface area contributed by atoms with Crippen molar-refractivity contribution in [2.75, 3.05) is 46.8 Å². The number of carbonyl (C=O) groups is 2. The zero-order valence-corrected chi connectivity index (χ0v) is 15.3. The van der Waals surface area contributed by atoms with E-state index >= 15 is 0 Å². The Kier molecular flexibility index (Phi) is 5.27. The van der Waals surface area contributed by atoms with Gasteiger partial charge in [0.05, 0.1) is 19.0 Å². The van der Waals surface area contributed by atoms with Crippen molar-refractivity contribution in [2.24, 2.45) is 5.92 Å². The molecule has 6 nitrogen and oxygen atoms in total. The molecule has 2 aliphatic heterocycles. The summed E-state index contributed by atoms with van der Waals surface area (Å²) in [5, 5.41) is 0. The van der Waals surface area contributed by atoms with Gasteiger partial charge in [0, 0.05) is 26.1 Å². The number of nitrogens with zero attached hydrogens (tertiary/aromatic N) is 3. The molecule has 136 valence electrons. The molecule has 1 aromatic rings. The first-order chi connectivity index (χ1) is 11.9. The summed E-state index contributed by atoms with van der Waals surface area (Å²) in [6, 6.07) is 7.94. The van der Waals surface area contributed by atoms with Gasteiger partial charge in [0.15, 0.2) is 0 Å². The van der Waals surface area contributed by atoms with Crippen molar-refractivity contribution in [1.29, 1.82) is 0 Å². The normalized spacial score (nSPS) is 21.0. The second-order valence-corrected chi connectivity index (χ2v) is 7.34. The van der Waals surface area contributed by atoms with Crippen LogP contribution in [0.3, 0.4) is 0 Å². The molecule has 2 aliphatic rings. The molecule has 0 aliphatic carbocycles. The van der Waals surface area contributed by atoms with E-state index in [9.17, 15) is 9.59 Å². The number of likely N-dealkylation sites (tertiary alicyclic amines) is 2. The Labute approximate surface area is 149 Å². The molecular formula is C19H27N3O3. The number of likely N-dealkylation sites (N-methyl/N-ethyl adjacent to an activating group) is 1. The van der Waals surface area contributed by atoms with Gasteiger partial charge in [0.25, 0.3) is 0 Å². The lowest BCUT2D eigenvalue weighted by Crippen LogP contribution is -2.57. The molecule has 3 rings (SSSR count). The third kappa shape index (κ3) is 4.31. The van der Waals surface area contributed by atoms with E-state index in [-0.39, 0.29) is 23.8 Å². The predicted octanol–water partition coefficient (Wildman–Crippen LogP) is 0.995. The SMILES string of the molecule is Cc1cccc(OC2CN(C(=O)C3CC(=O)N(CCN(C)C)C3)C2)c1. The number of rotatable bonds is 6. The van der Waals surface area contributed by atoms with Crippen molar-refractivity contribution in [3.8, 4) is 5.75 Å². The molecule has 2 heterocycles. The standard InChI is InChI=1S/C19H27N3O3/c1-14-5-4-6-16(9-14)25-17-12-22(13-17)19(24)15-10-18(23)21(11-15)8-7-20(2)3/h4-6,9,15,17H,7-8,10-13H2,1-3H3. The van der Waals surface area contributed by atoms with Gasteiger partial charge in [0.1, 0.15) is 11.9 Å². The van der Waals surface area contributed by atoms with E-state index in [0.717, 1.165) is 17.9 Å². The molecule has 2 amide bonds. The highest BCUT2D eigenvalue weighted by molar-refractivity contribution is 5.89. The van der Waals surface area contributed by atoms with Crippen molar-refractivity contribution >= 4 is 11.8 Å². The van der Waals surface area contributed by atoms with Gasteiger partial charge in [-0.25, -0.2) is 0 Å². The van der Waals surface area contributed by atoms with E-state index in [0.29, 0.717) is 32.6 Å². The second kappa shape index (κ2) is 7.44. The molecule has 1 aromatic carbocycles. The van der Waals surface area contributed by atoms with Crippen molar-refractivity contribution in [2.45, 2.75) is 19.4 Å². The van der Waals surface area contributed by atoms with E-state index in [4.69, 9.17) is 4.74 Å². The summed E-state index contributed by atoms with van der Waals surface area (Å²) in [6.07, 6.45) is 0.388. The van der Waals surface area contributed by atoms with Crippen LogP contribution in [0.1, 0.15) is 12.0 Å². The van der Waals surface area contributed by atoms with Gasteiger partial charge in [-0.15, -0.1) is 0 Å². The largest absolute Gasteiger partial charge is 0.487 e. The topological polar surface area (TPSA) is 53.1 Å². The van der Waals surface area contributed by atoms with E-state index in [1.807, 2.05) is 60.0 Å². The van der Waals surface area contributed by atoms with Crippen molar-refractivity contribution in [1.82, 2.24) is 14.7 Å². The Morgan fingerprint density at radius 3 is 2.72 bits per heavy atom. The van der Waals surface area contributed by atoms with Crippen LogP contribution in [0.15, 0.2) is 24.3 Å². The first kappa shape index (κ1) is 17.7. The van der Waals surface area contributed by atoms with Gasteiger partial charge in [-0.3, -0.25) is 9.59 Å². The number of amides is 2. The summed E-state index contributed by atoms with van der Waals surface area (Å²) >= 11 is 0. The van der Waals surface area contributed by atoms with Crippen LogP contribution in [0.5, 0.6) is 5.75 Å². The van der Waals surface area contributed by atoms with Crippen molar-refractivity contribution in [3.63, 3.8) is 0 Å². The highest BCUT2D eigenvalue weighted by atomic mass is 16.5. The molecule has 0 saturated carbocycles. The van der Waals surface area contributed by atoms with E-state index in [1.165, 1.54) is 0 Å². The minimum Gasteiger partial charge on any atom is -0.487 e. The van der Waals surface area contributed by atoms with E-state index < -0.39 is 0 Å². The highest BCUT2D eigenvalue weighted by Gasteiger charge is 2.40. The summed E-state index contributed by atoms with van der Waals surface area (Å²) in [6.45, 7) is 5.30. The van der Waals surface area contributed by atoms with Crippen LogP contribution >= 0.6 is 0 Å². The third-order valence-corrected chi connectivity index (χ3v) is 4.83. The maximum Gasteiger partial charge on any atom is 0.228 e. The van der Waals surface area contributed by atoms with Gasteiger partial charge in [-0.1, -0.05) is 12.1 Å². The Balaban J connectivity index is 1.45. The number of hydrogen-bond donors (Lipinski definition) is 0. The molecule has 1 atom stereocenters. The van der Waals surface area contributed by atoms with Crippen LogP contribution in [0.2, 0.25) is 0 Å². The van der Waals surface area contributed by atoms with E-state index in [1.54, 1.807) is 0 Å². The molecule has 6 heteroatoms. The average Bonchev–Trinajstić information content (AvgIpc) is 2.89. The molecule has 0 bridgehead atoms. The van der Waals surface area contributed by atoms with Gasteiger partial charge in [-0.05, 0) is 38.7 Å². The summed E-state index contributed by atoms with van der Waals surface area (Å²) in [5.41, 5.74) is 1.16. The molecule has 2 fully saturated rings. The monoisotopic (exact) mass is 345 g/mol. The predicted molar refractivity (Wildman–Crippen MR) is 95.4 cm³/mol. The maximum atomic E-state index is 12.6. The second-order valence-electron chi connectivity index (χ2n) is 7.34. The Morgan fingerprint density at radius 1 is 1.28 bits per heavy atom. The molecular weight excluding hydrogens is 318 g/mol. The molecule has 0 aromatic heterocycles. The lowest BCUT2D eigenvalue weighted by Gasteiger charge is -2.40. The first-order valence-corrected chi connectivity index (χ1v) is 8.87. The lowest BCUT2D eigenvalue weighted by molar-refractivity contribution is -0.144. The Hall–Kier alpha value is -2.08. The zero-order valence-electron chi connectivity index (χ0n) is 15.3. The molecule has 0 radical (unpaired) electrons. The molecule has 25 heavy (non-hydrogen) atoms. The fraction of sp³-hybridized carbons (Fsp3) is 0.579. The van der Waals surface area contributed by atoms with Crippen molar-refractivity contribution in [3.05, 3.63) is 29.8 Å². The molecule has 0 spiro atoms. The summed E-state index contributed by atoms with van der Waals surface area (Å²) in [5.74, 6) is 0.829. The minimum atomic E-state index is -0.199. The summed E-state index contributed by atoms with van der Waals surface area (Å²) in [4.78, 5) is 30.3. The maximum absolute atomic E-state index is 12.6. The van der Waals surface area contributed by atoms with Crippen LogP contribution in [0, 0.1) is 12.8 Å². The number of carbonyl (C=O) groups excluding carboxylic acids is 2. The van der Waals surface area contributed by atoms with Crippen LogP contribution < -0.4 is 4.74 Å². The van der Waals surface area contributed by atoms with E-state index in [2.05, 4.69) is 0 Å². The van der Waals surface area contributed by atoms with Crippen LogP contribution in [0.25, 0.3) is 0 Å². The fourth-order valence-electron chi connectivity index (χ4n) is 3.31. The van der Waals surface area contributed by atoms with Gasteiger partial charge < -0.3 is 19.4 Å². The smallest absolute Gasteiger partial charge is 0.228 e. The van der Waals surface area contributed by atoms with Gasteiger partial charge in [-0.2, -0.15) is 0 Å². The Bertz CT molecular complexity index is 641. The van der Waals surface area contributed by atoms with Crippen molar-refractivity contribution < 1.29 is 14.3 Å². The van der Waals surface area contributed by atoms with Crippen LogP contribution in [0.4, 0.5) is 0 Å². The quantitative estimate of drug-likeness (QED) is 0.772. The van der Waals surface area contributed by atoms with Gasteiger partial charge in [0.2, 0.25) is 11.8 Å². The number of hydrogen-bond acceptors (Lipinski definition) is 4. The highest BCUT2D eigenvalue weighted by Crippen LogP contribution is 2.25.